The smallest absolute Gasteiger partial charge is 0.263 e. The fourth-order valence-corrected chi connectivity index (χ4v) is 4.39. The van der Waals surface area contributed by atoms with Gasteiger partial charge >= 0.3 is 0 Å². The molecule has 4 aromatic rings. The van der Waals surface area contributed by atoms with Gasteiger partial charge in [-0.15, -0.1) is 11.3 Å². The number of thiophene rings is 1. The Kier molecular flexibility index (Phi) is 4.69. The highest BCUT2D eigenvalue weighted by molar-refractivity contribution is 9.10. The largest absolute Gasteiger partial charge is 0.294 e. The van der Waals surface area contributed by atoms with Crippen molar-refractivity contribution in [2.24, 2.45) is 0 Å². The lowest BCUT2D eigenvalue weighted by atomic mass is 10.0. The van der Waals surface area contributed by atoms with Crippen molar-refractivity contribution in [2.75, 3.05) is 0 Å². The van der Waals surface area contributed by atoms with Crippen molar-refractivity contribution in [1.29, 1.82) is 0 Å². The molecule has 0 radical (unpaired) electrons. The number of hydrogen-bond donors (Lipinski definition) is 0. The Morgan fingerprint density at radius 3 is 2.50 bits per heavy atom. The lowest BCUT2D eigenvalue weighted by Crippen LogP contribution is -2.21. The molecule has 26 heavy (non-hydrogen) atoms. The summed E-state index contributed by atoms with van der Waals surface area (Å²) in [6.45, 7) is 2.51. The monoisotopic (exact) mass is 444 g/mol. The van der Waals surface area contributed by atoms with Crippen LogP contribution in [0.2, 0.25) is 5.02 Å². The minimum Gasteiger partial charge on any atom is -0.294 e. The summed E-state index contributed by atoms with van der Waals surface area (Å²) < 4.78 is 2.68. The highest BCUT2D eigenvalue weighted by Gasteiger charge is 2.17. The van der Waals surface area contributed by atoms with E-state index in [1.54, 1.807) is 22.2 Å². The molecule has 0 N–H and O–H groups in total. The summed E-state index contributed by atoms with van der Waals surface area (Å²) in [5, 5.41) is 1.35. The molecule has 0 aliphatic carbocycles. The Morgan fingerprint density at radius 1 is 1.12 bits per heavy atom. The van der Waals surface area contributed by atoms with E-state index in [2.05, 4.69) is 20.9 Å². The number of aromatic nitrogens is 2. The SMILES string of the molecule is Cc1sc2ncn(Cc3ccc(Br)cc3)c(=O)c2c1-c1ccc(Cl)cc1. The van der Waals surface area contributed by atoms with Crippen molar-refractivity contribution < 1.29 is 0 Å². The van der Waals surface area contributed by atoms with Crippen LogP contribution in [0.4, 0.5) is 0 Å². The van der Waals surface area contributed by atoms with Crippen molar-refractivity contribution in [3.05, 3.63) is 85.1 Å². The van der Waals surface area contributed by atoms with Crippen molar-refractivity contribution in [3.8, 4) is 11.1 Å². The van der Waals surface area contributed by atoms with Crippen LogP contribution in [0.1, 0.15) is 10.4 Å². The zero-order valence-corrected chi connectivity index (χ0v) is 17.0. The molecule has 0 saturated carbocycles. The third-order valence-corrected chi connectivity index (χ3v) is 6.05. The first-order valence-electron chi connectivity index (χ1n) is 8.02. The standard InChI is InChI=1S/C20H14BrClN2OS/c1-12-17(14-4-8-16(22)9-5-14)18-19(26-12)23-11-24(20(18)25)10-13-2-6-15(21)7-3-13/h2-9,11H,10H2,1H3. The maximum absolute atomic E-state index is 13.2. The Morgan fingerprint density at radius 2 is 1.81 bits per heavy atom. The van der Waals surface area contributed by atoms with Gasteiger partial charge in [-0.2, -0.15) is 0 Å². The number of benzene rings is 2. The molecular formula is C20H14BrClN2OS. The van der Waals surface area contributed by atoms with Crippen LogP contribution in [0.3, 0.4) is 0 Å². The van der Waals surface area contributed by atoms with Crippen LogP contribution in [0, 0.1) is 6.92 Å². The number of halogens is 2. The van der Waals surface area contributed by atoms with Crippen molar-refractivity contribution in [3.63, 3.8) is 0 Å². The van der Waals surface area contributed by atoms with Gasteiger partial charge in [0.2, 0.25) is 0 Å². The van der Waals surface area contributed by atoms with Gasteiger partial charge < -0.3 is 0 Å². The number of aryl methyl sites for hydroxylation is 1. The molecule has 0 aliphatic heterocycles. The topological polar surface area (TPSA) is 34.9 Å². The van der Waals surface area contributed by atoms with Gasteiger partial charge in [-0.05, 0) is 42.3 Å². The summed E-state index contributed by atoms with van der Waals surface area (Å²) in [6, 6.07) is 15.5. The van der Waals surface area contributed by atoms with E-state index in [9.17, 15) is 4.79 Å². The highest BCUT2D eigenvalue weighted by Crippen LogP contribution is 2.35. The molecule has 0 saturated heterocycles. The third-order valence-electron chi connectivity index (χ3n) is 4.25. The van der Waals surface area contributed by atoms with Crippen molar-refractivity contribution >= 4 is 49.1 Å². The normalized spacial score (nSPS) is 11.2. The predicted octanol–water partition coefficient (Wildman–Crippen LogP) is 5.90. The second-order valence-electron chi connectivity index (χ2n) is 6.02. The number of hydrogen-bond acceptors (Lipinski definition) is 3. The minimum absolute atomic E-state index is 0.0211. The summed E-state index contributed by atoms with van der Waals surface area (Å²) in [4.78, 5) is 19.5. The maximum Gasteiger partial charge on any atom is 0.263 e. The quantitative estimate of drug-likeness (QED) is 0.393. The van der Waals surface area contributed by atoms with Gasteiger partial charge in [-0.1, -0.05) is 51.8 Å². The number of nitrogens with zero attached hydrogens (tertiary/aromatic N) is 2. The first-order valence-corrected chi connectivity index (χ1v) is 10.0. The molecule has 2 aromatic heterocycles. The van der Waals surface area contributed by atoms with E-state index in [0.29, 0.717) is 17.0 Å². The average Bonchev–Trinajstić information content (AvgIpc) is 2.97. The van der Waals surface area contributed by atoms with Gasteiger partial charge in [0.05, 0.1) is 18.3 Å². The fraction of sp³-hybridized carbons (Fsp3) is 0.100. The molecule has 3 nitrogen and oxygen atoms in total. The third kappa shape index (κ3) is 3.22. The van der Waals surface area contributed by atoms with E-state index < -0.39 is 0 Å². The van der Waals surface area contributed by atoms with E-state index in [1.165, 1.54) is 0 Å². The Bertz CT molecular complexity index is 1150. The summed E-state index contributed by atoms with van der Waals surface area (Å²) >= 11 is 11.0. The molecule has 0 aliphatic rings. The average molecular weight is 446 g/mol. The van der Waals surface area contributed by atoms with Gasteiger partial charge in [0.1, 0.15) is 4.83 Å². The van der Waals surface area contributed by atoms with Crippen LogP contribution in [0.25, 0.3) is 21.3 Å². The van der Waals surface area contributed by atoms with E-state index in [-0.39, 0.29) is 5.56 Å². The van der Waals surface area contributed by atoms with Crippen LogP contribution in [-0.2, 0) is 6.54 Å². The lowest BCUT2D eigenvalue weighted by molar-refractivity contribution is 0.749. The Balaban J connectivity index is 1.86. The predicted molar refractivity (Wildman–Crippen MR) is 112 cm³/mol. The van der Waals surface area contributed by atoms with Gasteiger partial charge in [-0.25, -0.2) is 4.98 Å². The molecule has 0 amide bonds. The molecule has 2 heterocycles. The lowest BCUT2D eigenvalue weighted by Gasteiger charge is -2.07. The Hall–Kier alpha value is -1.95. The molecule has 4 rings (SSSR count). The van der Waals surface area contributed by atoms with Gasteiger partial charge in [0.25, 0.3) is 5.56 Å². The molecule has 0 spiro atoms. The maximum atomic E-state index is 13.2. The molecule has 6 heteroatoms. The van der Waals surface area contributed by atoms with Crippen molar-refractivity contribution in [2.45, 2.75) is 13.5 Å². The van der Waals surface area contributed by atoms with Gasteiger partial charge in [0, 0.05) is 19.9 Å². The second kappa shape index (κ2) is 6.99. The number of rotatable bonds is 3. The Labute approximate surface area is 168 Å². The van der Waals surface area contributed by atoms with Gasteiger partial charge in [-0.3, -0.25) is 9.36 Å². The van der Waals surface area contributed by atoms with Crippen LogP contribution < -0.4 is 5.56 Å². The second-order valence-corrected chi connectivity index (χ2v) is 8.58. The summed E-state index contributed by atoms with van der Waals surface area (Å²) in [7, 11) is 0. The van der Waals surface area contributed by atoms with Crippen molar-refractivity contribution in [1.82, 2.24) is 9.55 Å². The molecule has 0 atom stereocenters. The fourth-order valence-electron chi connectivity index (χ4n) is 3.00. The molecule has 0 fully saturated rings. The van der Waals surface area contributed by atoms with Crippen LogP contribution in [0.5, 0.6) is 0 Å². The van der Waals surface area contributed by atoms with E-state index >= 15 is 0 Å². The van der Waals surface area contributed by atoms with Crippen LogP contribution in [0.15, 0.2) is 64.1 Å². The highest BCUT2D eigenvalue weighted by atomic mass is 79.9. The molecule has 0 bridgehead atoms. The zero-order valence-electron chi connectivity index (χ0n) is 13.9. The van der Waals surface area contributed by atoms with E-state index in [1.807, 2.05) is 55.5 Å². The number of fused-ring (bicyclic) bond motifs is 1. The van der Waals surface area contributed by atoms with E-state index in [0.717, 1.165) is 30.9 Å². The molecule has 0 unspecified atom stereocenters. The first-order chi connectivity index (χ1) is 12.5. The zero-order chi connectivity index (χ0) is 18.3. The van der Waals surface area contributed by atoms with E-state index in [4.69, 9.17) is 11.6 Å². The molecule has 2 aromatic carbocycles. The summed E-state index contributed by atoms with van der Waals surface area (Å²) in [5.41, 5.74) is 2.96. The first kappa shape index (κ1) is 17.5. The van der Waals surface area contributed by atoms with Crippen LogP contribution >= 0.6 is 38.9 Å². The summed E-state index contributed by atoms with van der Waals surface area (Å²) in [5.74, 6) is 0. The molecular weight excluding hydrogens is 432 g/mol. The van der Waals surface area contributed by atoms with Gasteiger partial charge in [0.15, 0.2) is 0 Å². The minimum atomic E-state index is -0.0211. The van der Waals surface area contributed by atoms with Crippen LogP contribution in [-0.4, -0.2) is 9.55 Å². The summed E-state index contributed by atoms with van der Waals surface area (Å²) in [6.07, 6.45) is 1.63. The molecule has 130 valence electrons.